The molecule has 0 spiro atoms. The molecule has 0 saturated heterocycles. The third-order valence-electron chi connectivity index (χ3n) is 2.03. The van der Waals surface area contributed by atoms with Gasteiger partial charge in [-0.25, -0.2) is 13.1 Å². The Hall–Kier alpha value is -1.64. The fourth-order valence-electron chi connectivity index (χ4n) is 1.18. The van der Waals surface area contributed by atoms with Crippen molar-refractivity contribution in [3.8, 4) is 6.07 Å². The van der Waals surface area contributed by atoms with Crippen LogP contribution in [0.1, 0.15) is 18.1 Å². The van der Waals surface area contributed by atoms with Crippen molar-refractivity contribution < 1.29 is 8.42 Å². The molecule has 1 N–H and O–H groups in total. The van der Waals surface area contributed by atoms with Gasteiger partial charge in [0.25, 0.3) is 0 Å². The average molecular weight is 250 g/mol. The van der Waals surface area contributed by atoms with Crippen LogP contribution in [0.25, 0.3) is 0 Å². The maximum absolute atomic E-state index is 11.6. The van der Waals surface area contributed by atoms with Gasteiger partial charge in [-0.1, -0.05) is 24.3 Å². The summed E-state index contributed by atoms with van der Waals surface area (Å²) in [5.74, 6) is -0.0913. The fraction of sp³-hybridized carbons (Fsp3) is 0.250. The van der Waals surface area contributed by atoms with E-state index in [1.54, 1.807) is 31.2 Å². The van der Waals surface area contributed by atoms with E-state index in [-0.39, 0.29) is 12.3 Å². The molecule has 90 valence electrons. The van der Waals surface area contributed by atoms with E-state index in [1.165, 1.54) is 0 Å². The molecule has 17 heavy (non-hydrogen) atoms. The van der Waals surface area contributed by atoms with Crippen molar-refractivity contribution >= 4 is 10.0 Å². The Labute approximate surface area is 102 Å². The van der Waals surface area contributed by atoms with E-state index in [0.29, 0.717) is 11.1 Å². The molecule has 0 bridgehead atoms. The zero-order valence-corrected chi connectivity index (χ0v) is 10.4. The summed E-state index contributed by atoms with van der Waals surface area (Å²) in [7, 11) is -3.34. The summed E-state index contributed by atoms with van der Waals surface area (Å²) >= 11 is 0. The zero-order chi connectivity index (χ0) is 12.9. The molecule has 0 heterocycles. The minimum atomic E-state index is -3.34. The third kappa shape index (κ3) is 4.81. The summed E-state index contributed by atoms with van der Waals surface area (Å²) in [6.07, 6.45) is 0. The van der Waals surface area contributed by atoms with Crippen molar-refractivity contribution in [3.05, 3.63) is 47.5 Å². The molecule has 0 unspecified atom stereocenters. The highest BCUT2D eigenvalue weighted by molar-refractivity contribution is 7.88. The number of hydrogen-bond donors (Lipinski definition) is 1. The van der Waals surface area contributed by atoms with Crippen LogP contribution in [-0.4, -0.2) is 15.0 Å². The Balaban J connectivity index is 2.70. The molecule has 0 aliphatic rings. The van der Waals surface area contributed by atoms with E-state index < -0.39 is 10.0 Å². The highest BCUT2D eigenvalue weighted by Gasteiger charge is 2.10. The number of nitriles is 1. The first-order valence-corrected chi connectivity index (χ1v) is 6.69. The molecule has 0 saturated carbocycles. The van der Waals surface area contributed by atoms with Crippen LogP contribution >= 0.6 is 0 Å². The van der Waals surface area contributed by atoms with Crippen LogP contribution in [-0.2, 0) is 15.8 Å². The van der Waals surface area contributed by atoms with E-state index in [4.69, 9.17) is 5.26 Å². The van der Waals surface area contributed by atoms with Crippen molar-refractivity contribution in [1.82, 2.24) is 4.72 Å². The van der Waals surface area contributed by atoms with Crippen molar-refractivity contribution in [2.75, 3.05) is 6.54 Å². The number of nitrogens with zero attached hydrogens (tertiary/aromatic N) is 1. The number of sulfonamides is 1. The third-order valence-corrected chi connectivity index (χ3v) is 3.33. The maximum atomic E-state index is 11.6. The summed E-state index contributed by atoms with van der Waals surface area (Å²) in [4.78, 5) is 0. The van der Waals surface area contributed by atoms with Gasteiger partial charge >= 0.3 is 0 Å². The second-order valence-electron chi connectivity index (χ2n) is 3.85. The normalized spacial score (nSPS) is 10.8. The second-order valence-corrected chi connectivity index (χ2v) is 5.65. The lowest BCUT2D eigenvalue weighted by atomic mass is 10.2. The molecule has 0 aromatic heterocycles. The number of rotatable bonds is 5. The van der Waals surface area contributed by atoms with E-state index in [9.17, 15) is 8.42 Å². The monoisotopic (exact) mass is 250 g/mol. The first-order chi connectivity index (χ1) is 7.93. The first kappa shape index (κ1) is 13.4. The van der Waals surface area contributed by atoms with Crippen molar-refractivity contribution in [2.24, 2.45) is 0 Å². The molecule has 0 aliphatic carbocycles. The van der Waals surface area contributed by atoms with Crippen LogP contribution < -0.4 is 4.72 Å². The predicted molar refractivity (Wildman–Crippen MR) is 66.6 cm³/mol. The largest absolute Gasteiger partial charge is 0.216 e. The number of nitrogens with one attached hydrogen (secondary N) is 1. The fourth-order valence-corrected chi connectivity index (χ4v) is 2.38. The Morgan fingerprint density at radius 2 is 2.00 bits per heavy atom. The van der Waals surface area contributed by atoms with Crippen LogP contribution in [0.15, 0.2) is 36.4 Å². The lowest BCUT2D eigenvalue weighted by molar-refractivity contribution is 0.584. The van der Waals surface area contributed by atoms with Crippen molar-refractivity contribution in [3.63, 3.8) is 0 Å². The van der Waals surface area contributed by atoms with Gasteiger partial charge in [-0.15, -0.1) is 0 Å². The molecule has 1 rings (SSSR count). The Morgan fingerprint density at radius 1 is 1.41 bits per heavy atom. The summed E-state index contributed by atoms with van der Waals surface area (Å²) in [6, 6.07) is 8.46. The number of benzene rings is 1. The summed E-state index contributed by atoms with van der Waals surface area (Å²) < 4.78 is 25.7. The molecule has 0 atom stereocenters. The molecule has 0 radical (unpaired) electrons. The summed E-state index contributed by atoms with van der Waals surface area (Å²) in [6.45, 7) is 5.63. The smallest absolute Gasteiger partial charge is 0.212 e. The van der Waals surface area contributed by atoms with Gasteiger partial charge < -0.3 is 0 Å². The Morgan fingerprint density at radius 3 is 2.47 bits per heavy atom. The molecular formula is C12H14N2O2S. The van der Waals surface area contributed by atoms with Gasteiger partial charge in [0, 0.05) is 6.54 Å². The summed E-state index contributed by atoms with van der Waals surface area (Å²) in [5, 5.41) is 8.62. The molecule has 4 nitrogen and oxygen atoms in total. The SMILES string of the molecule is C=C(C)CNS(=O)(=O)Cc1ccc(C#N)cc1. The van der Waals surface area contributed by atoms with Crippen LogP contribution in [0, 0.1) is 11.3 Å². The van der Waals surface area contributed by atoms with E-state index in [1.807, 2.05) is 6.07 Å². The molecule has 0 fully saturated rings. The minimum Gasteiger partial charge on any atom is -0.212 e. The lowest BCUT2D eigenvalue weighted by Gasteiger charge is -2.06. The molecule has 0 aliphatic heterocycles. The number of hydrogen-bond acceptors (Lipinski definition) is 3. The quantitative estimate of drug-likeness (QED) is 0.806. The molecular weight excluding hydrogens is 236 g/mol. The lowest BCUT2D eigenvalue weighted by Crippen LogP contribution is -2.26. The van der Waals surface area contributed by atoms with E-state index >= 15 is 0 Å². The predicted octanol–water partition coefficient (Wildman–Crippen LogP) is 1.55. The van der Waals surface area contributed by atoms with Crippen LogP contribution in [0.5, 0.6) is 0 Å². The molecule has 0 amide bonds. The molecule has 1 aromatic carbocycles. The average Bonchev–Trinajstić information content (AvgIpc) is 2.27. The van der Waals surface area contributed by atoms with E-state index in [2.05, 4.69) is 11.3 Å². The maximum Gasteiger partial charge on any atom is 0.216 e. The standard InChI is InChI=1S/C12H14N2O2S/c1-10(2)8-14-17(15,16)9-12-5-3-11(7-13)4-6-12/h3-6,14H,1,8-9H2,2H3. The van der Waals surface area contributed by atoms with E-state index in [0.717, 1.165) is 5.57 Å². The molecule has 1 aromatic rings. The van der Waals surface area contributed by atoms with Crippen LogP contribution in [0.3, 0.4) is 0 Å². The second kappa shape index (κ2) is 5.62. The van der Waals surface area contributed by atoms with Gasteiger partial charge in [0.1, 0.15) is 0 Å². The van der Waals surface area contributed by atoms with Crippen LogP contribution in [0.2, 0.25) is 0 Å². The first-order valence-electron chi connectivity index (χ1n) is 5.04. The van der Waals surface area contributed by atoms with Gasteiger partial charge in [-0.2, -0.15) is 5.26 Å². The Kier molecular flexibility index (Phi) is 4.44. The van der Waals surface area contributed by atoms with Crippen LogP contribution in [0.4, 0.5) is 0 Å². The highest BCUT2D eigenvalue weighted by Crippen LogP contribution is 2.07. The van der Waals surface area contributed by atoms with Crippen molar-refractivity contribution in [1.29, 1.82) is 5.26 Å². The van der Waals surface area contributed by atoms with Gasteiger partial charge in [0.15, 0.2) is 0 Å². The van der Waals surface area contributed by atoms with Gasteiger partial charge in [-0.3, -0.25) is 0 Å². The minimum absolute atomic E-state index is 0.0913. The van der Waals surface area contributed by atoms with Crippen molar-refractivity contribution in [2.45, 2.75) is 12.7 Å². The molecule has 5 heteroatoms. The van der Waals surface area contributed by atoms with Gasteiger partial charge in [-0.05, 0) is 24.6 Å². The highest BCUT2D eigenvalue weighted by atomic mass is 32.2. The van der Waals surface area contributed by atoms with Gasteiger partial charge in [0.05, 0.1) is 17.4 Å². The zero-order valence-electron chi connectivity index (χ0n) is 9.60. The summed E-state index contributed by atoms with van der Waals surface area (Å²) in [5.41, 5.74) is 1.92. The topological polar surface area (TPSA) is 70.0 Å². The Bertz CT molecular complexity index is 539. The van der Waals surface area contributed by atoms with Gasteiger partial charge in [0.2, 0.25) is 10.0 Å².